The van der Waals surface area contributed by atoms with Crippen LogP contribution in [-0.4, -0.2) is 5.11 Å². The van der Waals surface area contributed by atoms with E-state index in [1.54, 1.807) is 12.1 Å². The Balaban J connectivity index is 2.32. The fourth-order valence-corrected chi connectivity index (χ4v) is 2.09. The van der Waals surface area contributed by atoms with Crippen LogP contribution in [0.5, 0.6) is 5.75 Å². The van der Waals surface area contributed by atoms with Gasteiger partial charge in [-0.15, -0.1) is 5.92 Å². The van der Waals surface area contributed by atoms with E-state index in [9.17, 15) is 5.11 Å². The SMILES string of the molecule is CCCCCCCC#CC(S)c1ccccc1O. The molecule has 1 unspecified atom stereocenters. The molecule has 0 spiro atoms. The van der Waals surface area contributed by atoms with E-state index in [2.05, 4.69) is 31.4 Å². The Morgan fingerprint density at radius 1 is 1.17 bits per heavy atom. The molecule has 1 nitrogen and oxygen atoms in total. The van der Waals surface area contributed by atoms with E-state index >= 15 is 0 Å². The van der Waals surface area contributed by atoms with Gasteiger partial charge < -0.3 is 5.11 Å². The maximum atomic E-state index is 9.66. The summed E-state index contributed by atoms with van der Waals surface area (Å²) >= 11 is 4.41. The molecule has 1 N–H and O–H groups in total. The number of hydrogen-bond donors (Lipinski definition) is 2. The fraction of sp³-hybridized carbons (Fsp3) is 0.500. The quantitative estimate of drug-likeness (QED) is 0.431. The van der Waals surface area contributed by atoms with Gasteiger partial charge in [0.05, 0.1) is 5.25 Å². The second-order valence-electron chi connectivity index (χ2n) is 4.45. The Morgan fingerprint density at radius 3 is 2.61 bits per heavy atom. The molecule has 0 aliphatic carbocycles. The van der Waals surface area contributed by atoms with Gasteiger partial charge in [0.2, 0.25) is 0 Å². The van der Waals surface area contributed by atoms with Crippen molar-refractivity contribution >= 4 is 12.6 Å². The number of phenolic OH excluding ortho intramolecular Hbond substituents is 1. The third-order valence-corrected chi connectivity index (χ3v) is 3.28. The third-order valence-electron chi connectivity index (χ3n) is 2.88. The highest BCUT2D eigenvalue weighted by Crippen LogP contribution is 2.27. The van der Waals surface area contributed by atoms with E-state index in [-0.39, 0.29) is 11.0 Å². The Bertz CT molecular complexity index is 403. The van der Waals surface area contributed by atoms with Crippen LogP contribution in [0.1, 0.15) is 56.3 Å². The van der Waals surface area contributed by atoms with Crippen LogP contribution in [0.15, 0.2) is 24.3 Å². The first kappa shape index (κ1) is 15.0. The van der Waals surface area contributed by atoms with Crippen LogP contribution < -0.4 is 0 Å². The number of thiol groups is 1. The summed E-state index contributed by atoms with van der Waals surface area (Å²) in [7, 11) is 0. The van der Waals surface area contributed by atoms with Crippen molar-refractivity contribution in [2.24, 2.45) is 0 Å². The van der Waals surface area contributed by atoms with Crippen LogP contribution in [0.4, 0.5) is 0 Å². The van der Waals surface area contributed by atoms with Gasteiger partial charge in [0.25, 0.3) is 0 Å². The van der Waals surface area contributed by atoms with Gasteiger partial charge >= 0.3 is 0 Å². The minimum Gasteiger partial charge on any atom is -0.508 e. The zero-order chi connectivity index (χ0) is 13.2. The van der Waals surface area contributed by atoms with E-state index in [1.165, 1.54) is 25.7 Å². The molecule has 0 aliphatic heterocycles. The molecule has 2 heteroatoms. The number of aromatic hydroxyl groups is 1. The Kier molecular flexibility index (Phi) is 7.44. The number of hydrogen-bond acceptors (Lipinski definition) is 2. The molecule has 0 saturated carbocycles. The largest absolute Gasteiger partial charge is 0.508 e. The van der Waals surface area contributed by atoms with Crippen molar-refractivity contribution in [3.63, 3.8) is 0 Å². The van der Waals surface area contributed by atoms with Crippen LogP contribution in [0.25, 0.3) is 0 Å². The zero-order valence-corrected chi connectivity index (χ0v) is 11.9. The van der Waals surface area contributed by atoms with Crippen LogP contribution in [0.3, 0.4) is 0 Å². The van der Waals surface area contributed by atoms with E-state index < -0.39 is 0 Å². The summed E-state index contributed by atoms with van der Waals surface area (Å²) in [6, 6.07) is 7.24. The molecule has 1 rings (SSSR count). The molecule has 0 aliphatic rings. The minimum atomic E-state index is -0.193. The van der Waals surface area contributed by atoms with Gasteiger partial charge in [-0.25, -0.2) is 0 Å². The molecule has 1 atom stereocenters. The second kappa shape index (κ2) is 8.94. The topological polar surface area (TPSA) is 20.2 Å². The molecule has 0 fully saturated rings. The predicted octanol–water partition coefficient (Wildman–Crippen LogP) is 4.73. The van der Waals surface area contributed by atoms with Gasteiger partial charge in [0, 0.05) is 12.0 Å². The first-order valence-corrected chi connectivity index (χ1v) is 7.21. The molecule has 1 aromatic rings. The Labute approximate surface area is 116 Å². The van der Waals surface area contributed by atoms with Gasteiger partial charge in [-0.1, -0.05) is 56.7 Å². The van der Waals surface area contributed by atoms with Crippen LogP contribution in [0, 0.1) is 11.8 Å². The molecule has 1 aromatic carbocycles. The van der Waals surface area contributed by atoms with E-state index in [0.29, 0.717) is 0 Å². The average Bonchev–Trinajstić information content (AvgIpc) is 2.38. The van der Waals surface area contributed by atoms with Gasteiger partial charge in [0.1, 0.15) is 5.75 Å². The lowest BCUT2D eigenvalue weighted by molar-refractivity contribution is 0.470. The maximum Gasteiger partial charge on any atom is 0.120 e. The number of phenols is 1. The van der Waals surface area contributed by atoms with Crippen molar-refractivity contribution in [2.75, 3.05) is 0 Å². The molecule has 0 radical (unpaired) electrons. The molecule has 0 saturated heterocycles. The zero-order valence-electron chi connectivity index (χ0n) is 11.0. The number of rotatable bonds is 6. The lowest BCUT2D eigenvalue weighted by Gasteiger charge is -2.05. The second-order valence-corrected chi connectivity index (χ2v) is 4.96. The summed E-state index contributed by atoms with van der Waals surface area (Å²) in [4.78, 5) is 0. The van der Waals surface area contributed by atoms with Gasteiger partial charge in [0.15, 0.2) is 0 Å². The van der Waals surface area contributed by atoms with Gasteiger partial charge in [-0.3, -0.25) is 0 Å². The highest BCUT2D eigenvalue weighted by Gasteiger charge is 2.06. The van der Waals surface area contributed by atoms with E-state index in [4.69, 9.17) is 0 Å². The third kappa shape index (κ3) is 5.51. The minimum absolute atomic E-state index is 0.193. The standard InChI is InChI=1S/C16H22OS/c1-2-3-4-5-6-7-8-13-16(18)14-11-9-10-12-15(14)17/h9-12,16-18H,2-7H2,1H3. The number of benzene rings is 1. The summed E-state index contributed by atoms with van der Waals surface area (Å²) in [5.74, 6) is 6.51. The van der Waals surface area contributed by atoms with Crippen LogP contribution in [0.2, 0.25) is 0 Å². The van der Waals surface area contributed by atoms with Crippen molar-refractivity contribution < 1.29 is 5.11 Å². The highest BCUT2D eigenvalue weighted by molar-refractivity contribution is 7.80. The molecular weight excluding hydrogens is 240 g/mol. The predicted molar refractivity (Wildman–Crippen MR) is 81.0 cm³/mol. The molecule has 0 aromatic heterocycles. The van der Waals surface area contributed by atoms with Crippen molar-refractivity contribution in [1.82, 2.24) is 0 Å². The fourth-order valence-electron chi connectivity index (χ4n) is 1.78. The summed E-state index contributed by atoms with van der Waals surface area (Å²) in [5.41, 5.74) is 0.791. The summed E-state index contributed by atoms with van der Waals surface area (Å²) < 4.78 is 0. The van der Waals surface area contributed by atoms with Crippen LogP contribution >= 0.6 is 12.6 Å². The number of unbranched alkanes of at least 4 members (excludes halogenated alkanes) is 5. The summed E-state index contributed by atoms with van der Waals surface area (Å²) in [5, 5.41) is 9.47. The van der Waals surface area contributed by atoms with Gasteiger partial charge in [-0.05, 0) is 12.5 Å². The normalized spacial score (nSPS) is 11.7. The Hall–Kier alpha value is -1.07. The van der Waals surface area contributed by atoms with Crippen molar-refractivity contribution in [1.29, 1.82) is 0 Å². The lowest BCUT2D eigenvalue weighted by atomic mass is 10.1. The maximum absolute atomic E-state index is 9.66. The monoisotopic (exact) mass is 262 g/mol. The van der Waals surface area contributed by atoms with E-state index in [0.717, 1.165) is 18.4 Å². The molecule has 0 bridgehead atoms. The smallest absolute Gasteiger partial charge is 0.120 e. The van der Waals surface area contributed by atoms with Gasteiger partial charge in [-0.2, -0.15) is 12.6 Å². The molecule has 0 amide bonds. The van der Waals surface area contributed by atoms with Crippen LogP contribution in [-0.2, 0) is 0 Å². The summed E-state index contributed by atoms with van der Waals surface area (Å²) in [6.07, 6.45) is 7.25. The summed E-state index contributed by atoms with van der Waals surface area (Å²) in [6.45, 7) is 2.22. The molecule has 0 heterocycles. The molecule has 18 heavy (non-hydrogen) atoms. The Morgan fingerprint density at radius 2 is 1.89 bits per heavy atom. The lowest BCUT2D eigenvalue weighted by Crippen LogP contribution is -1.87. The molecule has 98 valence electrons. The van der Waals surface area contributed by atoms with Crippen molar-refractivity contribution in [3.8, 4) is 17.6 Å². The average molecular weight is 262 g/mol. The number of para-hydroxylation sites is 1. The first-order valence-electron chi connectivity index (χ1n) is 6.70. The first-order chi connectivity index (χ1) is 8.75. The van der Waals surface area contributed by atoms with Crippen molar-refractivity contribution in [3.05, 3.63) is 29.8 Å². The molecular formula is C16H22OS. The van der Waals surface area contributed by atoms with E-state index in [1.807, 2.05) is 12.1 Å². The van der Waals surface area contributed by atoms with Crippen molar-refractivity contribution in [2.45, 2.75) is 50.7 Å². The highest BCUT2D eigenvalue weighted by atomic mass is 32.1.